The van der Waals surface area contributed by atoms with E-state index in [1.165, 1.54) is 138 Å². The molecule has 496 valence electrons. The molecular weight excluding hydrogens is 1210 g/mol. The fourth-order valence-electron chi connectivity index (χ4n) is 11.9. The van der Waals surface area contributed by atoms with Crippen molar-refractivity contribution in [3.05, 3.63) is 382 Å². The maximum Gasteiger partial charge on any atom is 0.0709 e. The van der Waals surface area contributed by atoms with E-state index in [4.69, 9.17) is 4.98 Å². The number of benzene rings is 12. The number of hydrogen-bond acceptors (Lipinski definition) is 4. The Morgan fingerprint density at radius 1 is 0.170 bits per heavy atom. The summed E-state index contributed by atoms with van der Waals surface area (Å²) >= 11 is 0. The van der Waals surface area contributed by atoms with Gasteiger partial charge in [0.05, 0.1) is 27.9 Å². The van der Waals surface area contributed by atoms with Crippen LogP contribution < -0.4 is 0 Å². The molecule has 4 nitrogen and oxygen atoms in total. The van der Waals surface area contributed by atoms with Crippen molar-refractivity contribution in [2.75, 3.05) is 0 Å². The maximum absolute atomic E-state index is 4.80. The monoisotopic (exact) mass is 1300 g/mol. The lowest BCUT2D eigenvalue weighted by atomic mass is 9.97. The van der Waals surface area contributed by atoms with Crippen LogP contribution in [0.5, 0.6) is 0 Å². The summed E-state index contributed by atoms with van der Waals surface area (Å²) in [6.45, 7) is 29.3. The highest BCUT2D eigenvalue weighted by Crippen LogP contribution is 2.29. The Hall–Kier alpha value is -11.5. The lowest BCUT2D eigenvalue weighted by Crippen LogP contribution is -1.88. The summed E-state index contributed by atoms with van der Waals surface area (Å²) in [7, 11) is 0. The predicted octanol–water partition coefficient (Wildman–Crippen LogP) is 26.1. The molecular formula is C96H92N4. The van der Waals surface area contributed by atoms with Gasteiger partial charge in [-0.15, -0.1) is 0 Å². The highest BCUT2D eigenvalue weighted by molar-refractivity contribution is 5.85. The molecule has 0 aliphatic carbocycles. The summed E-state index contributed by atoms with van der Waals surface area (Å²) in [5, 5.41) is 9.00. The molecule has 16 aromatic rings. The largest absolute Gasteiger partial charge is 0.256 e. The van der Waals surface area contributed by atoms with Gasteiger partial charge in [-0.25, -0.2) is 4.98 Å². The van der Waals surface area contributed by atoms with Crippen LogP contribution in [0, 0.1) is 96.9 Å². The third kappa shape index (κ3) is 20.8. The Morgan fingerprint density at radius 2 is 0.470 bits per heavy atom. The standard InChI is InChI=1S/C20H18.C19H17N.2C12H12.3C11H11N/c1-15-6-3-8-17(12-15)19-10-5-11-20(14-19)18-9-4-7-16(2)13-18;1-14-6-3-8-16(12-14)18-10-5-11-19(20-18)17-9-4-7-15(2)13-17;1-9-3-5-12-8-10(2)4-6-11(12)7-9;1-9-3-5-11-6-4-10(2)8-12(11)7-9;1-8-3-6-11-10(7-8)5-4-9(2)12-11;1-8-3-5-10-6-4-9(2)12-11(10)7-8;1-8-3-4-10-5-9(2)7-12-11(10)6-8/h3-14H,1-2H3;3-13H,1-2H3;2*3-8H,1-2H3;3*3-7H,1-2H3. The number of rotatable bonds is 4. The Balaban J connectivity index is 0.000000128. The summed E-state index contributed by atoms with van der Waals surface area (Å²) < 4.78 is 0. The molecule has 0 saturated heterocycles. The zero-order valence-corrected chi connectivity index (χ0v) is 60.7. The average molecular weight is 1300 g/mol. The number of fused-ring (bicyclic) bond motifs is 5. The van der Waals surface area contributed by atoms with Gasteiger partial charge in [-0.2, -0.15) is 0 Å². The smallest absolute Gasteiger partial charge is 0.0709 e. The molecule has 0 spiro atoms. The fraction of sp³-hybridized carbons (Fsp3) is 0.146. The van der Waals surface area contributed by atoms with Crippen LogP contribution in [0.25, 0.3) is 99.0 Å². The molecule has 0 unspecified atom stereocenters. The van der Waals surface area contributed by atoms with Crippen LogP contribution in [-0.4, -0.2) is 19.9 Å². The molecule has 0 radical (unpaired) electrons. The number of hydrogen-bond donors (Lipinski definition) is 0. The van der Waals surface area contributed by atoms with Crippen LogP contribution in [0.3, 0.4) is 0 Å². The Kier molecular flexibility index (Phi) is 24.4. The quantitative estimate of drug-likeness (QED) is 0.176. The molecule has 0 aliphatic rings. The molecule has 16 rings (SSSR count). The molecule has 0 saturated carbocycles. The van der Waals surface area contributed by atoms with Gasteiger partial charge in [0.1, 0.15) is 0 Å². The zero-order chi connectivity index (χ0) is 70.7. The third-order valence-electron chi connectivity index (χ3n) is 17.2. The normalized spacial score (nSPS) is 10.5. The van der Waals surface area contributed by atoms with Crippen LogP contribution in [0.1, 0.15) is 78.1 Å². The SMILES string of the molecule is Cc1ccc2cc(C)ccc2c1.Cc1ccc2ccc(C)cc2c1.Cc1ccc2ccc(C)nc2c1.Cc1ccc2nc(C)ccc2c1.Cc1cccc(-c2cccc(-c3cccc(C)c3)c2)c1.Cc1cccc(-c2cccc(-c3cccc(C)c3)n2)c1.Cc1cnc2cc(C)ccc2c1. The Morgan fingerprint density at radius 3 is 0.950 bits per heavy atom. The Labute approximate surface area is 593 Å². The summed E-state index contributed by atoms with van der Waals surface area (Å²) in [5.74, 6) is 0. The second-order valence-electron chi connectivity index (χ2n) is 26.7. The molecule has 100 heavy (non-hydrogen) atoms. The van der Waals surface area contributed by atoms with Crippen molar-refractivity contribution in [3.8, 4) is 44.8 Å². The molecule has 0 amide bonds. The van der Waals surface area contributed by atoms with Crippen molar-refractivity contribution < 1.29 is 0 Å². The van der Waals surface area contributed by atoms with E-state index in [1.54, 1.807) is 0 Å². The minimum atomic E-state index is 1.02. The first-order valence-corrected chi connectivity index (χ1v) is 34.5. The van der Waals surface area contributed by atoms with Crippen LogP contribution in [0.15, 0.2) is 303 Å². The van der Waals surface area contributed by atoms with E-state index in [1.807, 2.05) is 32.2 Å². The van der Waals surface area contributed by atoms with Crippen LogP contribution >= 0.6 is 0 Å². The summed E-state index contributed by atoms with van der Waals surface area (Å²) in [6.07, 6.45) is 1.90. The first-order chi connectivity index (χ1) is 48.2. The maximum atomic E-state index is 4.80. The van der Waals surface area contributed by atoms with E-state index in [0.29, 0.717) is 0 Å². The van der Waals surface area contributed by atoms with Gasteiger partial charge in [0.15, 0.2) is 0 Å². The molecule has 12 aromatic carbocycles. The molecule has 0 atom stereocenters. The number of aryl methyl sites for hydroxylation is 14. The summed E-state index contributed by atoms with van der Waals surface area (Å²) in [4.78, 5) is 18.0. The molecule has 0 bridgehead atoms. The van der Waals surface area contributed by atoms with E-state index in [2.05, 4.69) is 383 Å². The Bertz CT molecular complexity index is 4720. The van der Waals surface area contributed by atoms with Crippen LogP contribution in [0.2, 0.25) is 0 Å². The van der Waals surface area contributed by atoms with Crippen molar-refractivity contribution in [3.63, 3.8) is 0 Å². The molecule has 4 aromatic heterocycles. The van der Waals surface area contributed by atoms with Crippen molar-refractivity contribution in [2.45, 2.75) is 96.9 Å². The number of pyridine rings is 4. The summed E-state index contributed by atoms with van der Waals surface area (Å²) in [6, 6.07) is 105. The van der Waals surface area contributed by atoms with Gasteiger partial charge in [-0.05, 0) is 230 Å². The van der Waals surface area contributed by atoms with Crippen molar-refractivity contribution >= 4 is 54.3 Å². The first kappa shape index (κ1) is 71.3. The van der Waals surface area contributed by atoms with Gasteiger partial charge in [-0.1, -0.05) is 275 Å². The van der Waals surface area contributed by atoms with Gasteiger partial charge in [0.2, 0.25) is 0 Å². The van der Waals surface area contributed by atoms with Gasteiger partial charge >= 0.3 is 0 Å². The second kappa shape index (κ2) is 34.2. The highest BCUT2D eigenvalue weighted by Gasteiger charge is 2.06. The van der Waals surface area contributed by atoms with Crippen LogP contribution in [0.4, 0.5) is 0 Å². The highest BCUT2D eigenvalue weighted by atomic mass is 14.7. The number of nitrogens with zero attached hydrogens (tertiary/aromatic N) is 4. The fourth-order valence-corrected chi connectivity index (χ4v) is 11.9. The van der Waals surface area contributed by atoms with Crippen molar-refractivity contribution in [2.24, 2.45) is 0 Å². The number of aromatic nitrogens is 4. The zero-order valence-electron chi connectivity index (χ0n) is 60.7. The van der Waals surface area contributed by atoms with Gasteiger partial charge in [0, 0.05) is 44.9 Å². The van der Waals surface area contributed by atoms with Gasteiger partial charge in [0.25, 0.3) is 0 Å². The first-order valence-electron chi connectivity index (χ1n) is 34.5. The van der Waals surface area contributed by atoms with Gasteiger partial charge < -0.3 is 0 Å². The molecule has 4 heteroatoms. The molecule has 4 heterocycles. The summed E-state index contributed by atoms with van der Waals surface area (Å²) in [5.41, 5.74) is 30.3. The lowest BCUT2D eigenvalue weighted by Gasteiger charge is -2.07. The van der Waals surface area contributed by atoms with Crippen LogP contribution in [-0.2, 0) is 0 Å². The molecule has 0 fully saturated rings. The van der Waals surface area contributed by atoms with Crippen molar-refractivity contribution in [1.29, 1.82) is 0 Å². The molecule has 0 N–H and O–H groups in total. The predicted molar refractivity (Wildman–Crippen MR) is 432 cm³/mol. The second-order valence-corrected chi connectivity index (χ2v) is 26.7. The van der Waals surface area contributed by atoms with Crippen molar-refractivity contribution in [1.82, 2.24) is 19.9 Å². The van der Waals surface area contributed by atoms with E-state index in [0.717, 1.165) is 39.3 Å². The third-order valence-corrected chi connectivity index (χ3v) is 17.2. The van der Waals surface area contributed by atoms with E-state index in [-0.39, 0.29) is 0 Å². The van der Waals surface area contributed by atoms with E-state index in [9.17, 15) is 0 Å². The lowest BCUT2D eigenvalue weighted by molar-refractivity contribution is 1.25. The molecule has 0 aliphatic heterocycles. The van der Waals surface area contributed by atoms with E-state index >= 15 is 0 Å². The minimum absolute atomic E-state index is 1.02. The van der Waals surface area contributed by atoms with E-state index < -0.39 is 0 Å². The van der Waals surface area contributed by atoms with Gasteiger partial charge in [-0.3, -0.25) is 15.0 Å². The average Bonchev–Trinajstić information content (AvgIpc) is 0.888. The topological polar surface area (TPSA) is 51.6 Å². The minimum Gasteiger partial charge on any atom is -0.256 e.